The molecule has 0 aliphatic rings. The summed E-state index contributed by atoms with van der Waals surface area (Å²) in [5.41, 5.74) is 1.10. The van der Waals surface area contributed by atoms with Gasteiger partial charge in [0.15, 0.2) is 5.43 Å². The van der Waals surface area contributed by atoms with Crippen molar-refractivity contribution in [1.29, 1.82) is 0 Å². The molecule has 0 saturated carbocycles. The molecule has 0 aliphatic carbocycles. The maximum atomic E-state index is 13.2. The van der Waals surface area contributed by atoms with Gasteiger partial charge in [-0.15, -0.1) is 0 Å². The Morgan fingerprint density at radius 3 is 2.21 bits per heavy atom. The van der Waals surface area contributed by atoms with Crippen molar-refractivity contribution in [2.45, 2.75) is 6.10 Å². The van der Waals surface area contributed by atoms with E-state index in [1.54, 1.807) is 36.4 Å². The first-order valence-electron chi connectivity index (χ1n) is 8.60. The van der Waals surface area contributed by atoms with Gasteiger partial charge in [-0.05, 0) is 29.8 Å². The molecule has 1 aromatic heterocycles. The van der Waals surface area contributed by atoms with E-state index in [1.165, 1.54) is 24.3 Å². The Labute approximate surface area is 159 Å². The Balaban J connectivity index is 1.95. The zero-order valence-corrected chi connectivity index (χ0v) is 14.6. The third-order valence-electron chi connectivity index (χ3n) is 4.56. The maximum absolute atomic E-state index is 13.2. The van der Waals surface area contributed by atoms with Crippen molar-refractivity contribution < 1.29 is 14.4 Å². The normalized spacial score (nSPS) is 12.0. The van der Waals surface area contributed by atoms with Crippen LogP contribution in [0.25, 0.3) is 22.3 Å². The first-order chi connectivity index (χ1) is 13.6. The van der Waals surface area contributed by atoms with E-state index in [2.05, 4.69) is 0 Å². The molecule has 0 amide bonds. The van der Waals surface area contributed by atoms with E-state index >= 15 is 0 Å². The van der Waals surface area contributed by atoms with Crippen molar-refractivity contribution in [3.63, 3.8) is 0 Å². The zero-order valence-electron chi connectivity index (χ0n) is 14.6. The van der Waals surface area contributed by atoms with Gasteiger partial charge < -0.3 is 9.52 Å². The second kappa shape index (κ2) is 7.09. The average Bonchev–Trinajstić information content (AvgIpc) is 2.74. The Hall–Kier alpha value is -3.77. The van der Waals surface area contributed by atoms with Crippen LogP contribution in [0.5, 0.6) is 0 Å². The lowest BCUT2D eigenvalue weighted by Crippen LogP contribution is -2.16. The van der Waals surface area contributed by atoms with Gasteiger partial charge in [-0.3, -0.25) is 14.9 Å². The third-order valence-corrected chi connectivity index (χ3v) is 4.56. The van der Waals surface area contributed by atoms with Crippen LogP contribution in [-0.4, -0.2) is 10.0 Å². The number of nitrogens with zero attached hydrogens (tertiary/aromatic N) is 1. The zero-order chi connectivity index (χ0) is 19.7. The fourth-order valence-corrected chi connectivity index (χ4v) is 3.15. The number of hydrogen-bond acceptors (Lipinski definition) is 5. The molecule has 1 heterocycles. The number of para-hydroxylation sites is 1. The van der Waals surface area contributed by atoms with Crippen molar-refractivity contribution in [3.05, 3.63) is 110 Å². The van der Waals surface area contributed by atoms with E-state index in [9.17, 15) is 20.0 Å². The third kappa shape index (κ3) is 3.06. The van der Waals surface area contributed by atoms with Crippen molar-refractivity contribution in [2.75, 3.05) is 0 Å². The van der Waals surface area contributed by atoms with Crippen molar-refractivity contribution in [2.24, 2.45) is 0 Å². The smallest absolute Gasteiger partial charge is 0.269 e. The summed E-state index contributed by atoms with van der Waals surface area (Å²) in [5.74, 6) is 0.273. The van der Waals surface area contributed by atoms with Crippen molar-refractivity contribution >= 4 is 16.7 Å². The Morgan fingerprint density at radius 2 is 1.54 bits per heavy atom. The number of fused-ring (bicyclic) bond motifs is 1. The molecular formula is C22H15NO5. The minimum atomic E-state index is -1.29. The highest BCUT2D eigenvalue weighted by molar-refractivity contribution is 5.80. The lowest BCUT2D eigenvalue weighted by Gasteiger charge is -2.15. The fourth-order valence-electron chi connectivity index (χ4n) is 3.15. The van der Waals surface area contributed by atoms with Crippen molar-refractivity contribution in [1.82, 2.24) is 0 Å². The summed E-state index contributed by atoms with van der Waals surface area (Å²) in [7, 11) is 0. The minimum absolute atomic E-state index is 0.0928. The molecule has 28 heavy (non-hydrogen) atoms. The lowest BCUT2D eigenvalue weighted by atomic mass is 9.96. The van der Waals surface area contributed by atoms with Crippen LogP contribution >= 0.6 is 0 Å². The number of nitro benzene ring substituents is 1. The number of hydrogen-bond donors (Lipinski definition) is 1. The Morgan fingerprint density at radius 1 is 0.893 bits per heavy atom. The molecule has 0 radical (unpaired) electrons. The number of nitro groups is 1. The largest absolute Gasteiger partial charge is 0.455 e. The van der Waals surface area contributed by atoms with E-state index in [0.29, 0.717) is 22.1 Å². The molecule has 1 N–H and O–H groups in total. The molecular weight excluding hydrogens is 358 g/mol. The Bertz CT molecular complexity index is 1210. The van der Waals surface area contributed by atoms with Gasteiger partial charge in [0, 0.05) is 17.7 Å². The number of benzene rings is 3. The highest BCUT2D eigenvalue weighted by Gasteiger charge is 2.24. The molecule has 6 nitrogen and oxygen atoms in total. The number of aliphatic hydroxyl groups is 1. The Kier molecular flexibility index (Phi) is 4.47. The summed E-state index contributed by atoms with van der Waals surface area (Å²) in [6, 6.07) is 21.3. The van der Waals surface area contributed by atoms with Gasteiger partial charge in [-0.25, -0.2) is 0 Å². The summed E-state index contributed by atoms with van der Waals surface area (Å²) >= 11 is 0. The molecule has 0 saturated heterocycles. The average molecular weight is 373 g/mol. The molecule has 3 aromatic carbocycles. The van der Waals surface area contributed by atoms with E-state index in [0.717, 1.165) is 0 Å². The van der Waals surface area contributed by atoms with Crippen LogP contribution in [0, 0.1) is 10.1 Å². The number of non-ortho nitro benzene ring substituents is 1. The minimum Gasteiger partial charge on any atom is -0.455 e. The molecule has 0 spiro atoms. The first kappa shape index (κ1) is 17.6. The SMILES string of the molecule is O=c1c(C(O)c2ccc([N+](=O)[O-])cc2)c(-c2ccccc2)oc2ccccc12. The van der Waals surface area contributed by atoms with Gasteiger partial charge in [0.05, 0.1) is 15.9 Å². The molecule has 4 aromatic rings. The molecule has 138 valence electrons. The molecule has 0 fully saturated rings. The lowest BCUT2D eigenvalue weighted by molar-refractivity contribution is -0.384. The van der Waals surface area contributed by atoms with Crippen LogP contribution in [0.3, 0.4) is 0 Å². The van der Waals surface area contributed by atoms with Crippen LogP contribution in [0.4, 0.5) is 5.69 Å². The van der Waals surface area contributed by atoms with Gasteiger partial charge in [-0.2, -0.15) is 0 Å². The van der Waals surface area contributed by atoms with Crippen LogP contribution in [-0.2, 0) is 0 Å². The quantitative estimate of drug-likeness (QED) is 0.421. The maximum Gasteiger partial charge on any atom is 0.269 e. The summed E-state index contributed by atoms with van der Waals surface area (Å²) in [6.07, 6.45) is -1.29. The molecule has 4 rings (SSSR count). The van der Waals surface area contributed by atoms with Crippen LogP contribution in [0.2, 0.25) is 0 Å². The topological polar surface area (TPSA) is 93.6 Å². The summed E-state index contributed by atoms with van der Waals surface area (Å²) in [4.78, 5) is 23.5. The first-order valence-corrected chi connectivity index (χ1v) is 8.60. The van der Waals surface area contributed by atoms with Gasteiger partial charge in [0.2, 0.25) is 0 Å². The predicted octanol–water partition coefficient (Wildman–Crippen LogP) is 4.45. The number of aliphatic hydroxyl groups excluding tert-OH is 1. The fraction of sp³-hybridized carbons (Fsp3) is 0.0455. The molecule has 6 heteroatoms. The second-order valence-corrected chi connectivity index (χ2v) is 6.29. The summed E-state index contributed by atoms with van der Waals surface area (Å²) in [5, 5.41) is 22.2. The molecule has 0 aliphatic heterocycles. The van der Waals surface area contributed by atoms with Crippen LogP contribution < -0.4 is 5.43 Å². The number of rotatable bonds is 4. The summed E-state index contributed by atoms with van der Waals surface area (Å²) < 4.78 is 6.00. The van der Waals surface area contributed by atoms with E-state index in [1.807, 2.05) is 18.2 Å². The monoisotopic (exact) mass is 373 g/mol. The second-order valence-electron chi connectivity index (χ2n) is 6.29. The highest BCUT2D eigenvalue weighted by Crippen LogP contribution is 2.32. The molecule has 1 atom stereocenters. The van der Waals surface area contributed by atoms with E-state index in [4.69, 9.17) is 4.42 Å². The molecule has 1 unspecified atom stereocenters. The van der Waals surface area contributed by atoms with Crippen molar-refractivity contribution in [3.8, 4) is 11.3 Å². The van der Waals surface area contributed by atoms with E-state index in [-0.39, 0.29) is 22.4 Å². The van der Waals surface area contributed by atoms with Crippen LogP contribution in [0.1, 0.15) is 17.2 Å². The van der Waals surface area contributed by atoms with Gasteiger partial charge >= 0.3 is 0 Å². The highest BCUT2D eigenvalue weighted by atomic mass is 16.6. The predicted molar refractivity (Wildman–Crippen MR) is 105 cm³/mol. The van der Waals surface area contributed by atoms with E-state index < -0.39 is 11.0 Å². The summed E-state index contributed by atoms with van der Waals surface area (Å²) in [6.45, 7) is 0. The van der Waals surface area contributed by atoms with Gasteiger partial charge in [-0.1, -0.05) is 42.5 Å². The standard InChI is InChI=1S/C22H15NO5/c24-20(14-10-12-16(13-11-14)23(26)27)19-21(25)17-8-4-5-9-18(17)28-22(19)15-6-2-1-3-7-15/h1-13,20,24H. The van der Waals surface area contributed by atoms with Gasteiger partial charge in [0.25, 0.3) is 5.69 Å². The van der Waals surface area contributed by atoms with Crippen LogP contribution in [0.15, 0.2) is 88.1 Å². The van der Waals surface area contributed by atoms with Gasteiger partial charge in [0.1, 0.15) is 17.4 Å². The molecule has 0 bridgehead atoms.